The summed E-state index contributed by atoms with van der Waals surface area (Å²) in [4.78, 5) is 39.3. The van der Waals surface area contributed by atoms with E-state index in [9.17, 15) is 45.0 Å². The molecule has 15 atom stereocenters. The highest BCUT2D eigenvalue weighted by Crippen LogP contribution is 2.40. The van der Waals surface area contributed by atoms with Crippen molar-refractivity contribution < 1.29 is 73.4 Å². The lowest BCUT2D eigenvalue weighted by molar-refractivity contribution is -0.349. The number of aliphatic hydroxyl groups is 5. The van der Waals surface area contributed by atoms with Crippen molar-refractivity contribution in [3.63, 3.8) is 0 Å². The Bertz CT molecular complexity index is 1300. The zero-order chi connectivity index (χ0) is 38.8. The van der Waals surface area contributed by atoms with Crippen LogP contribution in [0.3, 0.4) is 0 Å². The molecule has 0 aromatic heterocycles. The number of benzene rings is 1. The molecule has 3 fully saturated rings. The summed E-state index contributed by atoms with van der Waals surface area (Å²) in [5, 5.41) is 66.3. The molecule has 2 saturated heterocycles. The number of hydrogen-bond acceptors (Lipinski definition) is 15. The Morgan fingerprint density at radius 1 is 0.906 bits per heavy atom. The van der Waals surface area contributed by atoms with Crippen LogP contribution in [0.25, 0.3) is 0 Å². The van der Waals surface area contributed by atoms with E-state index in [-0.39, 0.29) is 30.1 Å². The van der Waals surface area contributed by atoms with Gasteiger partial charge in [-0.25, -0.2) is 9.59 Å². The van der Waals surface area contributed by atoms with Crippen molar-refractivity contribution in [1.29, 1.82) is 0 Å². The molecule has 0 radical (unpaired) electrons. The van der Waals surface area contributed by atoms with Crippen LogP contribution in [0, 0.1) is 11.8 Å². The van der Waals surface area contributed by atoms with E-state index in [0.29, 0.717) is 38.6 Å². The van der Waals surface area contributed by atoms with Gasteiger partial charge in [0.25, 0.3) is 0 Å². The van der Waals surface area contributed by atoms with E-state index in [1.807, 2.05) is 6.92 Å². The lowest BCUT2D eigenvalue weighted by Gasteiger charge is -2.48. The van der Waals surface area contributed by atoms with Crippen molar-refractivity contribution >= 4 is 17.7 Å². The fourth-order valence-corrected chi connectivity index (χ4v) is 7.30. The second kappa shape index (κ2) is 20.3. The lowest BCUT2D eigenvalue weighted by Crippen LogP contribution is -2.64. The van der Waals surface area contributed by atoms with E-state index in [1.165, 1.54) is 19.1 Å². The summed E-state index contributed by atoms with van der Waals surface area (Å²) in [7, 11) is 1.79. The Balaban J connectivity index is 1.74. The van der Waals surface area contributed by atoms with E-state index in [2.05, 4.69) is 5.32 Å². The number of rotatable bonds is 18. The first-order valence-corrected chi connectivity index (χ1v) is 18.6. The number of Topliss-reactive ketones (excluding diaryl/α,β-unsaturated/α-hetero) is 1. The number of carbonyl (C=O) groups excluding carboxylic acids is 2. The molecule has 300 valence electrons. The summed E-state index contributed by atoms with van der Waals surface area (Å²) in [6.45, 7) is 5.07. The van der Waals surface area contributed by atoms with Crippen LogP contribution < -0.4 is 5.32 Å². The van der Waals surface area contributed by atoms with E-state index >= 15 is 0 Å². The predicted octanol–water partition coefficient (Wildman–Crippen LogP) is 0.531. The van der Waals surface area contributed by atoms with Gasteiger partial charge in [-0.1, -0.05) is 44.9 Å². The third kappa shape index (κ3) is 10.8. The number of nitrogens with one attached hydrogen (secondary N) is 1. The third-order valence-corrected chi connectivity index (χ3v) is 10.4. The number of ketones is 1. The molecule has 7 N–H and O–H groups in total. The summed E-state index contributed by atoms with van der Waals surface area (Å²) >= 11 is 0. The van der Waals surface area contributed by atoms with Gasteiger partial charge in [-0.2, -0.15) is 0 Å². The smallest absolute Gasteiger partial charge is 0.338 e. The molecular formula is C37H57NO15. The topological polar surface area (TPSA) is 240 Å². The van der Waals surface area contributed by atoms with E-state index in [4.69, 9.17) is 28.4 Å². The molecule has 1 aromatic carbocycles. The zero-order valence-electron chi connectivity index (χ0n) is 30.8. The van der Waals surface area contributed by atoms with E-state index < -0.39 is 104 Å². The molecule has 2 aliphatic heterocycles. The molecule has 0 spiro atoms. The van der Waals surface area contributed by atoms with E-state index in [1.54, 1.807) is 32.2 Å². The number of hydrogen-bond donors (Lipinski definition) is 7. The van der Waals surface area contributed by atoms with Crippen molar-refractivity contribution in [3.05, 3.63) is 35.9 Å². The van der Waals surface area contributed by atoms with Crippen molar-refractivity contribution in [2.75, 3.05) is 20.2 Å². The SMILES string of the molecule is CCC[C@H](OC1C(OC(=O)c2ccccc2)[C@H](O[C@@H]2CC(C(=O)CCCNC)CC(CC)[C@H]2O[C@@H]2OC(C)[C@@H](O)[C@H](O)C2O)O[C@@H](CO)[C@@H]1O)C(=O)O. The number of ether oxygens (including phenoxy) is 6. The van der Waals surface area contributed by atoms with Gasteiger partial charge < -0.3 is 64.4 Å². The standard InChI is InChI=1S/C37H57NO15/c1-5-11-24(34(45)46)49-32-28(42)26(18-39)51-37(33(32)52-35(47)21-12-8-7-9-13-21)50-25-17-22(23(40)14-10-15-38-4)16-20(6-2)31(25)53-36-30(44)29(43)27(41)19(3)48-36/h7-9,12-13,19-20,22,24-33,36-39,41-44H,5-6,10-11,14-18H2,1-4H3,(H,45,46)/t19?,20?,22?,24-,25+,26-,27+,28-,29-,30?,31+,32?,33?,36-,37+/m0/s1. The maximum Gasteiger partial charge on any atom is 0.338 e. The minimum absolute atomic E-state index is 0.00258. The van der Waals surface area contributed by atoms with Gasteiger partial charge in [0.2, 0.25) is 0 Å². The quantitative estimate of drug-likeness (QED) is 0.0799. The van der Waals surface area contributed by atoms with Gasteiger partial charge in [0, 0.05) is 12.3 Å². The van der Waals surface area contributed by atoms with Crippen molar-refractivity contribution in [3.8, 4) is 0 Å². The third-order valence-electron chi connectivity index (χ3n) is 10.4. The molecule has 3 aliphatic rings. The number of carboxylic acid groups (broad SMARTS) is 1. The summed E-state index contributed by atoms with van der Waals surface area (Å²) in [5.74, 6) is -3.01. The molecule has 6 unspecified atom stereocenters. The number of carboxylic acids is 1. The van der Waals surface area contributed by atoms with Gasteiger partial charge >= 0.3 is 11.9 Å². The van der Waals surface area contributed by atoms with Gasteiger partial charge in [-0.05, 0) is 64.3 Å². The minimum atomic E-state index is -1.66. The normalized spacial score (nSPS) is 36.8. The molecule has 0 amide bonds. The number of carbonyl (C=O) groups is 3. The molecule has 0 bridgehead atoms. The fraction of sp³-hybridized carbons (Fsp3) is 0.757. The minimum Gasteiger partial charge on any atom is -0.479 e. The molecule has 1 saturated carbocycles. The van der Waals surface area contributed by atoms with Crippen LogP contribution in [-0.2, 0) is 38.0 Å². The number of aliphatic hydroxyl groups excluding tert-OH is 5. The first kappa shape index (κ1) is 43.1. The largest absolute Gasteiger partial charge is 0.479 e. The summed E-state index contributed by atoms with van der Waals surface area (Å²) in [6, 6.07) is 7.95. The summed E-state index contributed by atoms with van der Waals surface area (Å²) in [6.07, 6.45) is -15.6. The molecular weight excluding hydrogens is 698 g/mol. The van der Waals surface area contributed by atoms with Gasteiger partial charge in [-0.3, -0.25) is 4.79 Å². The Labute approximate surface area is 309 Å². The molecule has 16 heteroatoms. The van der Waals surface area contributed by atoms with Crippen LogP contribution in [0.2, 0.25) is 0 Å². The first-order valence-electron chi connectivity index (χ1n) is 18.6. The molecule has 4 rings (SSSR count). The van der Waals surface area contributed by atoms with Crippen molar-refractivity contribution in [1.82, 2.24) is 5.32 Å². The van der Waals surface area contributed by atoms with Gasteiger partial charge in [0.1, 0.15) is 42.4 Å². The number of esters is 1. The van der Waals surface area contributed by atoms with Gasteiger partial charge in [-0.15, -0.1) is 0 Å². The monoisotopic (exact) mass is 755 g/mol. The van der Waals surface area contributed by atoms with Crippen molar-refractivity contribution in [2.24, 2.45) is 11.8 Å². The van der Waals surface area contributed by atoms with Crippen LogP contribution in [-0.4, -0.2) is 148 Å². The Morgan fingerprint density at radius 3 is 2.25 bits per heavy atom. The van der Waals surface area contributed by atoms with Gasteiger partial charge in [0.05, 0.1) is 30.5 Å². The maximum atomic E-state index is 13.6. The summed E-state index contributed by atoms with van der Waals surface area (Å²) in [5.41, 5.74) is 0.141. The molecule has 53 heavy (non-hydrogen) atoms. The first-order chi connectivity index (χ1) is 25.3. The van der Waals surface area contributed by atoms with Crippen LogP contribution in [0.5, 0.6) is 0 Å². The predicted molar refractivity (Wildman–Crippen MR) is 185 cm³/mol. The Kier molecular flexibility index (Phi) is 16.6. The highest BCUT2D eigenvalue weighted by atomic mass is 16.7. The molecule has 2 heterocycles. The highest BCUT2D eigenvalue weighted by Gasteiger charge is 2.53. The van der Waals surface area contributed by atoms with E-state index in [0.717, 1.165) is 0 Å². The molecule has 1 aromatic rings. The zero-order valence-corrected chi connectivity index (χ0v) is 30.8. The molecule has 16 nitrogen and oxygen atoms in total. The second-order valence-corrected chi connectivity index (χ2v) is 14.1. The van der Waals surface area contributed by atoms with Crippen molar-refractivity contribution in [2.45, 2.75) is 145 Å². The van der Waals surface area contributed by atoms with Crippen LogP contribution in [0.1, 0.15) is 76.1 Å². The Hall–Kier alpha value is -2.61. The van der Waals surface area contributed by atoms with Gasteiger partial charge in [0.15, 0.2) is 24.8 Å². The molecule has 1 aliphatic carbocycles. The fourth-order valence-electron chi connectivity index (χ4n) is 7.30. The highest BCUT2D eigenvalue weighted by molar-refractivity contribution is 5.89. The lowest BCUT2D eigenvalue weighted by atomic mass is 9.74. The van der Waals surface area contributed by atoms with Crippen LogP contribution in [0.15, 0.2) is 30.3 Å². The summed E-state index contributed by atoms with van der Waals surface area (Å²) < 4.78 is 36.7. The average Bonchev–Trinajstić information content (AvgIpc) is 3.15. The maximum absolute atomic E-state index is 13.6. The van der Waals surface area contributed by atoms with Crippen LogP contribution in [0.4, 0.5) is 0 Å². The average molecular weight is 756 g/mol. The Morgan fingerprint density at radius 2 is 1.62 bits per heavy atom. The number of aliphatic carboxylic acids is 1. The second-order valence-electron chi connectivity index (χ2n) is 14.1. The van der Waals surface area contributed by atoms with Crippen LogP contribution >= 0.6 is 0 Å².